The van der Waals surface area contributed by atoms with Gasteiger partial charge in [0.25, 0.3) is 0 Å². The van der Waals surface area contributed by atoms with Gasteiger partial charge in [-0.05, 0) is 36.1 Å². The average molecular weight is 1290 g/mol. The molecule has 8 amide bonds. The predicted octanol–water partition coefficient (Wildman–Crippen LogP) is 1.12. The van der Waals surface area contributed by atoms with Crippen LogP contribution in [-0.4, -0.2) is 221 Å². The second-order valence-electron chi connectivity index (χ2n) is 18.5. The van der Waals surface area contributed by atoms with Gasteiger partial charge in [-0.1, -0.05) is 51.0 Å². The smallest absolute Gasteiger partial charge is 0.542 e. The molecule has 4 aromatic heterocycles. The molecular formula is C49H48BrF6LiN12O18. The molecule has 12 rings (SSSR count). The largest absolute Gasteiger partial charge is 1.00 e. The van der Waals surface area contributed by atoms with E-state index < -0.39 is 59.1 Å². The SMILES string of the molecule is C=CCON1C(=O)N2CC=C(c3cnoc3)C1C2.CCOC(=O)C(F)(F)Br.CCOC(=O)C(F)(F)ON1C(=O)N2CC=C(c3cnoc3)C1C2.O=C1N2CC=C(c3cnoc3)C(C2)N1O.O=C1N2CC=C(c3cnoc3)C(C2)N1OC(F)(F)C(=O)[O-].[Li+]. The summed E-state index contributed by atoms with van der Waals surface area (Å²) in [6.07, 6.45) is 11.7. The van der Waals surface area contributed by atoms with Crippen molar-refractivity contribution in [3.05, 3.63) is 109 Å². The summed E-state index contributed by atoms with van der Waals surface area (Å²) in [6, 6.07) is -4.12. The number of hydroxylamine groups is 8. The van der Waals surface area contributed by atoms with Crippen LogP contribution in [-0.2, 0) is 38.4 Å². The van der Waals surface area contributed by atoms with Crippen molar-refractivity contribution in [2.45, 2.75) is 55.1 Å². The maximum atomic E-state index is 13.8. The molecule has 0 radical (unpaired) electrons. The fourth-order valence-electron chi connectivity index (χ4n) is 9.30. The first-order valence-corrected chi connectivity index (χ1v) is 26.1. The number of alkyl halides is 7. The average Bonchev–Trinajstić information content (AvgIpc) is 2.10. The number of nitrogens with zero attached hydrogens (tertiary/aromatic N) is 12. The van der Waals surface area contributed by atoms with E-state index >= 15 is 0 Å². The summed E-state index contributed by atoms with van der Waals surface area (Å²) in [5.41, 5.74) is 5.72. The first-order chi connectivity index (χ1) is 40.9. The van der Waals surface area contributed by atoms with Gasteiger partial charge in [-0.3, -0.25) is 10.0 Å². The maximum Gasteiger partial charge on any atom is 1.00 e. The number of ether oxygens (including phenoxy) is 2. The van der Waals surface area contributed by atoms with E-state index in [9.17, 15) is 70.2 Å². The minimum Gasteiger partial charge on any atom is -0.542 e. The Bertz CT molecular complexity index is 3240. The fraction of sp³-hybridized carbons (Fsp3) is 0.408. The Morgan fingerprint density at radius 3 is 1.26 bits per heavy atom. The number of carboxylic acid groups (broad SMARTS) is 1. The van der Waals surface area contributed by atoms with Crippen LogP contribution in [0.5, 0.6) is 0 Å². The Morgan fingerprint density at radius 2 is 0.931 bits per heavy atom. The van der Waals surface area contributed by atoms with Crippen molar-refractivity contribution in [1.82, 2.24) is 60.5 Å². The van der Waals surface area contributed by atoms with Crippen molar-refractivity contribution < 1.29 is 131 Å². The van der Waals surface area contributed by atoms with Gasteiger partial charge in [-0.15, -0.1) is 6.58 Å². The number of carboxylic acids is 1. The van der Waals surface area contributed by atoms with Gasteiger partial charge >= 0.3 is 72.0 Å². The van der Waals surface area contributed by atoms with Crippen molar-refractivity contribution in [2.75, 3.05) is 72.2 Å². The Morgan fingerprint density at radius 1 is 0.598 bits per heavy atom. The number of carbonyl (C=O) groups is 7. The number of fused-ring (bicyclic) bond motifs is 8. The third-order valence-corrected chi connectivity index (χ3v) is 13.5. The van der Waals surface area contributed by atoms with E-state index in [1.807, 2.05) is 28.1 Å². The number of hydrogen-bond acceptors (Lipinski definition) is 22. The maximum absolute atomic E-state index is 13.8. The third kappa shape index (κ3) is 14.7. The van der Waals surface area contributed by atoms with E-state index in [0.717, 1.165) is 27.3 Å². The van der Waals surface area contributed by atoms with Gasteiger partial charge in [0, 0.05) is 64.4 Å². The van der Waals surface area contributed by atoms with Crippen LogP contribution in [0.3, 0.4) is 0 Å². The Balaban J connectivity index is 0.000000159. The number of rotatable bonds is 16. The molecule has 4 saturated heterocycles. The molecule has 12 heterocycles. The van der Waals surface area contributed by atoms with E-state index in [4.69, 9.17) is 18.4 Å². The number of aliphatic carboxylic acids is 1. The number of carbonyl (C=O) groups excluding carboxylic acids is 7. The van der Waals surface area contributed by atoms with Crippen molar-refractivity contribution in [3.8, 4) is 0 Å². The molecule has 38 heteroatoms. The Hall–Kier alpha value is -8.47. The molecule has 4 fully saturated rings. The van der Waals surface area contributed by atoms with Crippen LogP contribution in [0.4, 0.5) is 45.5 Å². The molecule has 8 aliphatic rings. The van der Waals surface area contributed by atoms with Crippen molar-refractivity contribution in [2.24, 2.45) is 0 Å². The monoisotopic (exact) mass is 1290 g/mol. The van der Waals surface area contributed by atoms with Crippen molar-refractivity contribution >= 4 is 80.3 Å². The van der Waals surface area contributed by atoms with Gasteiger partial charge in [0.05, 0.1) is 70.8 Å². The molecule has 1 N–H and O–H groups in total. The standard InChI is InChI=1S/C13H13F2N3O5.C12H13N3O3.C11H9F2N3O5.C9H9N3O3.C4H5BrF2O2.Li/c1-2-21-11(19)13(14,15)23-18-10-6-17(12(18)20)4-3-9(10)8-5-16-22-7-8;1-2-5-18-15-11-7-14(12(15)16)4-3-10(11)9-6-13-17-8-9;12-11(13,9(17)18)21-16-8-4-15(10(16)19)2-1-7(8)6-3-14-20-5-6;13-9-11-2-1-7(6-3-10-15-5-6)8(4-11)12(9)14;1-2-9-3(8)4(5,6)7;/h3,5,7,10H,2,4,6H2,1H3;2-3,6,8,11H,1,4-5,7H2;1,3,5,8H,2,4H2,(H,17,18);1,3,5,8,14H,2,4H2;2H2,1H3;/q;;;;;+1/p-1. The Labute approximate surface area is 506 Å². The molecule has 0 spiro atoms. The van der Waals surface area contributed by atoms with Crippen LogP contribution in [0, 0.1) is 0 Å². The first-order valence-electron chi connectivity index (χ1n) is 25.3. The minimum atomic E-state index is -4.60. The van der Waals surface area contributed by atoms with Crippen LogP contribution in [0.25, 0.3) is 22.3 Å². The van der Waals surface area contributed by atoms with E-state index in [1.54, 1.807) is 46.7 Å². The van der Waals surface area contributed by atoms with Crippen LogP contribution >= 0.6 is 15.9 Å². The van der Waals surface area contributed by atoms with Gasteiger partial charge in [-0.25, -0.2) is 28.8 Å². The summed E-state index contributed by atoms with van der Waals surface area (Å²) >= 11 is 1.84. The summed E-state index contributed by atoms with van der Waals surface area (Å²) in [5.74, 6) is -6.12. The molecule has 0 saturated carbocycles. The summed E-state index contributed by atoms with van der Waals surface area (Å²) in [7, 11) is 0. The summed E-state index contributed by atoms with van der Waals surface area (Å²) < 4.78 is 105. The number of esters is 2. The van der Waals surface area contributed by atoms with Crippen LogP contribution < -0.4 is 24.0 Å². The van der Waals surface area contributed by atoms with Crippen molar-refractivity contribution in [3.63, 3.8) is 0 Å². The molecule has 8 aliphatic heterocycles. The Kier molecular flexibility index (Phi) is 21.2. The summed E-state index contributed by atoms with van der Waals surface area (Å²) in [5, 5.41) is 37.3. The fourth-order valence-corrected chi connectivity index (χ4v) is 9.41. The van der Waals surface area contributed by atoms with E-state index in [0.29, 0.717) is 65.2 Å². The number of aromatic nitrogens is 4. The van der Waals surface area contributed by atoms with Gasteiger partial charge in [0.15, 0.2) is 0 Å². The van der Waals surface area contributed by atoms with Gasteiger partial charge in [0.2, 0.25) is 0 Å². The minimum absolute atomic E-state index is 0. The molecule has 0 aliphatic carbocycles. The predicted molar refractivity (Wildman–Crippen MR) is 270 cm³/mol. The van der Waals surface area contributed by atoms with E-state index in [1.165, 1.54) is 59.9 Å². The van der Waals surface area contributed by atoms with E-state index in [2.05, 4.69) is 50.9 Å². The molecule has 4 atom stereocenters. The molecule has 8 bridgehead atoms. The van der Waals surface area contributed by atoms with Crippen LogP contribution in [0.15, 0.2) is 105 Å². The molecule has 4 aromatic rings. The number of hydrogen-bond donors (Lipinski definition) is 1. The number of urea groups is 4. The van der Waals surface area contributed by atoms with Gasteiger partial charge < -0.3 is 57.1 Å². The van der Waals surface area contributed by atoms with Gasteiger partial charge in [-0.2, -0.15) is 56.3 Å². The van der Waals surface area contributed by atoms with Crippen LogP contribution in [0.1, 0.15) is 36.1 Å². The van der Waals surface area contributed by atoms with Crippen LogP contribution in [0.2, 0.25) is 0 Å². The summed E-state index contributed by atoms with van der Waals surface area (Å²) in [4.78, 5) is 95.4. The normalized spacial score (nSPS) is 20.8. The molecule has 0 aromatic carbocycles. The molecule has 4 unspecified atom stereocenters. The first kappa shape index (κ1) is 66.1. The second-order valence-corrected chi connectivity index (χ2v) is 19.4. The number of amides is 8. The molecule has 87 heavy (non-hydrogen) atoms. The zero-order valence-electron chi connectivity index (χ0n) is 45.7. The van der Waals surface area contributed by atoms with Gasteiger partial charge in [0.1, 0.15) is 55.2 Å². The second kappa shape index (κ2) is 27.9. The van der Waals surface area contributed by atoms with Crippen molar-refractivity contribution in [1.29, 1.82) is 0 Å². The molecule has 462 valence electrons. The van der Waals surface area contributed by atoms with E-state index in [-0.39, 0.29) is 82.4 Å². The zero-order chi connectivity index (χ0) is 62.3. The third-order valence-electron chi connectivity index (χ3n) is 13.2. The molecule has 30 nitrogen and oxygen atoms in total. The quantitative estimate of drug-likeness (QED) is 0.0410. The topological polar surface area (TPSA) is 339 Å². The molecular weight excluding hydrogens is 1250 g/mol. The number of halogens is 7. The zero-order valence-corrected chi connectivity index (χ0v) is 47.3. The summed E-state index contributed by atoms with van der Waals surface area (Å²) in [6.45, 7) is 9.41.